The lowest BCUT2D eigenvalue weighted by atomic mass is 9.80. The van der Waals surface area contributed by atoms with Gasteiger partial charge in [-0.15, -0.1) is 0 Å². The third-order valence-corrected chi connectivity index (χ3v) is 4.58. The molecule has 1 aromatic heterocycles. The summed E-state index contributed by atoms with van der Waals surface area (Å²) in [7, 11) is 4.37. The maximum absolute atomic E-state index is 4.23. The van der Waals surface area contributed by atoms with Crippen LogP contribution in [0, 0.1) is 5.92 Å². The Labute approximate surface area is 111 Å². The van der Waals surface area contributed by atoms with Gasteiger partial charge in [-0.05, 0) is 58.8 Å². The van der Waals surface area contributed by atoms with Crippen LogP contribution in [0.15, 0.2) is 24.5 Å². The van der Waals surface area contributed by atoms with E-state index in [2.05, 4.69) is 48.8 Å². The molecule has 0 aliphatic carbocycles. The molecule has 3 nitrogen and oxygen atoms in total. The highest BCUT2D eigenvalue weighted by Crippen LogP contribution is 2.32. The third-order valence-electron chi connectivity index (χ3n) is 4.58. The molecule has 18 heavy (non-hydrogen) atoms. The van der Waals surface area contributed by atoms with Crippen LogP contribution >= 0.6 is 0 Å². The molecular weight excluding hydrogens is 222 g/mol. The second-order valence-electron chi connectivity index (χ2n) is 6.04. The summed E-state index contributed by atoms with van der Waals surface area (Å²) in [6.07, 6.45) is 6.42. The summed E-state index contributed by atoms with van der Waals surface area (Å²) >= 11 is 0. The Bertz CT molecular complexity index is 373. The fourth-order valence-electron chi connectivity index (χ4n) is 2.69. The van der Waals surface area contributed by atoms with Gasteiger partial charge in [-0.2, -0.15) is 0 Å². The molecule has 100 valence electrons. The first-order valence-electron chi connectivity index (χ1n) is 6.84. The SMILES string of the molecule is CN(C)C(C)(C)C1CCCN(c2cccnc2)C1. The number of rotatable bonds is 3. The summed E-state index contributed by atoms with van der Waals surface area (Å²) in [5.41, 5.74) is 1.51. The van der Waals surface area contributed by atoms with Crippen molar-refractivity contribution >= 4 is 5.69 Å². The Morgan fingerprint density at radius 1 is 1.39 bits per heavy atom. The minimum absolute atomic E-state index is 0.251. The predicted octanol–water partition coefficient (Wildman–Crippen LogP) is 2.64. The minimum Gasteiger partial charge on any atom is -0.370 e. The van der Waals surface area contributed by atoms with Gasteiger partial charge in [0.1, 0.15) is 0 Å². The van der Waals surface area contributed by atoms with Crippen molar-refractivity contribution in [2.75, 3.05) is 32.1 Å². The van der Waals surface area contributed by atoms with E-state index in [0.717, 1.165) is 13.1 Å². The molecule has 0 saturated carbocycles. The van der Waals surface area contributed by atoms with E-state index >= 15 is 0 Å². The quantitative estimate of drug-likeness (QED) is 0.818. The van der Waals surface area contributed by atoms with Crippen molar-refractivity contribution in [3.05, 3.63) is 24.5 Å². The second kappa shape index (κ2) is 5.27. The monoisotopic (exact) mass is 247 g/mol. The number of anilines is 1. The number of aromatic nitrogens is 1. The lowest BCUT2D eigenvalue weighted by Gasteiger charge is -2.45. The van der Waals surface area contributed by atoms with Gasteiger partial charge >= 0.3 is 0 Å². The molecule has 2 rings (SSSR count). The zero-order valence-electron chi connectivity index (χ0n) is 12.1. The first kappa shape index (κ1) is 13.3. The maximum atomic E-state index is 4.23. The summed E-state index contributed by atoms with van der Waals surface area (Å²) < 4.78 is 0. The van der Waals surface area contributed by atoms with Crippen molar-refractivity contribution < 1.29 is 0 Å². The lowest BCUT2D eigenvalue weighted by Crippen LogP contribution is -2.51. The number of nitrogens with zero attached hydrogens (tertiary/aromatic N) is 3. The molecule has 1 aliphatic heterocycles. The largest absolute Gasteiger partial charge is 0.370 e. The van der Waals surface area contributed by atoms with Gasteiger partial charge in [-0.3, -0.25) is 4.98 Å². The van der Waals surface area contributed by atoms with Crippen molar-refractivity contribution in [1.82, 2.24) is 9.88 Å². The highest BCUT2D eigenvalue weighted by molar-refractivity contribution is 5.44. The molecule has 1 fully saturated rings. The highest BCUT2D eigenvalue weighted by atomic mass is 15.2. The van der Waals surface area contributed by atoms with Crippen molar-refractivity contribution in [2.45, 2.75) is 32.2 Å². The fourth-order valence-corrected chi connectivity index (χ4v) is 2.69. The standard InChI is InChI=1S/C15H25N3/c1-15(2,17(3)4)13-7-6-10-18(12-13)14-8-5-9-16-11-14/h5,8-9,11,13H,6-7,10,12H2,1-4H3. The van der Waals surface area contributed by atoms with Gasteiger partial charge in [-0.25, -0.2) is 0 Å². The summed E-state index contributed by atoms with van der Waals surface area (Å²) in [6.45, 7) is 7.00. The molecule has 0 spiro atoms. The average molecular weight is 247 g/mol. The molecule has 3 heteroatoms. The van der Waals surface area contributed by atoms with E-state index in [1.807, 2.05) is 18.5 Å². The Morgan fingerprint density at radius 3 is 2.78 bits per heavy atom. The zero-order valence-corrected chi connectivity index (χ0v) is 12.1. The van der Waals surface area contributed by atoms with Crippen LogP contribution in [0.4, 0.5) is 5.69 Å². The van der Waals surface area contributed by atoms with Crippen molar-refractivity contribution in [1.29, 1.82) is 0 Å². The predicted molar refractivity (Wildman–Crippen MR) is 76.9 cm³/mol. The molecule has 1 saturated heterocycles. The molecule has 0 N–H and O–H groups in total. The van der Waals surface area contributed by atoms with Crippen LogP contribution < -0.4 is 4.90 Å². The Kier molecular flexibility index (Phi) is 3.91. The molecule has 0 radical (unpaired) electrons. The van der Waals surface area contributed by atoms with Gasteiger partial charge in [-0.1, -0.05) is 0 Å². The zero-order chi connectivity index (χ0) is 13.2. The summed E-state index contributed by atoms with van der Waals surface area (Å²) in [5.74, 6) is 0.710. The van der Waals surface area contributed by atoms with Crippen LogP contribution in [0.5, 0.6) is 0 Å². The molecular formula is C15H25N3. The van der Waals surface area contributed by atoms with Crippen molar-refractivity contribution in [3.63, 3.8) is 0 Å². The molecule has 1 atom stereocenters. The topological polar surface area (TPSA) is 19.4 Å². The van der Waals surface area contributed by atoms with E-state index in [9.17, 15) is 0 Å². The molecule has 2 heterocycles. The van der Waals surface area contributed by atoms with E-state index in [4.69, 9.17) is 0 Å². The number of hydrogen-bond acceptors (Lipinski definition) is 3. The van der Waals surface area contributed by atoms with E-state index in [-0.39, 0.29) is 5.54 Å². The third kappa shape index (κ3) is 2.66. The van der Waals surface area contributed by atoms with Crippen LogP contribution in [0.2, 0.25) is 0 Å². The van der Waals surface area contributed by atoms with E-state index < -0.39 is 0 Å². The van der Waals surface area contributed by atoms with Gasteiger partial charge in [0, 0.05) is 24.8 Å². The van der Waals surface area contributed by atoms with Crippen LogP contribution in [0.1, 0.15) is 26.7 Å². The molecule has 0 aromatic carbocycles. The summed E-state index contributed by atoms with van der Waals surface area (Å²) in [6, 6.07) is 4.19. The van der Waals surface area contributed by atoms with Gasteiger partial charge in [0.15, 0.2) is 0 Å². The summed E-state index contributed by atoms with van der Waals surface area (Å²) in [5, 5.41) is 0. The Balaban J connectivity index is 2.10. The van der Waals surface area contributed by atoms with Crippen molar-refractivity contribution in [2.24, 2.45) is 5.92 Å². The van der Waals surface area contributed by atoms with E-state index in [1.54, 1.807) is 0 Å². The Morgan fingerprint density at radius 2 is 2.17 bits per heavy atom. The van der Waals surface area contributed by atoms with Gasteiger partial charge in [0.2, 0.25) is 0 Å². The van der Waals surface area contributed by atoms with E-state index in [1.165, 1.54) is 18.5 Å². The molecule has 1 unspecified atom stereocenters. The fraction of sp³-hybridized carbons (Fsp3) is 0.667. The van der Waals surface area contributed by atoms with Gasteiger partial charge in [0.25, 0.3) is 0 Å². The second-order valence-corrected chi connectivity index (χ2v) is 6.04. The first-order valence-corrected chi connectivity index (χ1v) is 6.84. The number of hydrogen-bond donors (Lipinski definition) is 0. The van der Waals surface area contributed by atoms with Gasteiger partial charge < -0.3 is 9.80 Å². The van der Waals surface area contributed by atoms with Crippen LogP contribution in [0.25, 0.3) is 0 Å². The highest BCUT2D eigenvalue weighted by Gasteiger charge is 2.34. The van der Waals surface area contributed by atoms with Crippen LogP contribution in [0.3, 0.4) is 0 Å². The molecule has 0 amide bonds. The average Bonchev–Trinajstić information content (AvgIpc) is 2.40. The first-order chi connectivity index (χ1) is 8.51. The van der Waals surface area contributed by atoms with E-state index in [0.29, 0.717) is 5.92 Å². The summed E-state index contributed by atoms with van der Waals surface area (Å²) in [4.78, 5) is 9.06. The normalized spacial score (nSPS) is 21.4. The maximum Gasteiger partial charge on any atom is 0.0552 e. The molecule has 1 aliphatic rings. The van der Waals surface area contributed by atoms with Gasteiger partial charge in [0.05, 0.1) is 11.9 Å². The number of pyridine rings is 1. The Hall–Kier alpha value is -1.09. The van der Waals surface area contributed by atoms with Crippen LogP contribution in [-0.4, -0.2) is 42.6 Å². The van der Waals surface area contributed by atoms with Crippen LogP contribution in [-0.2, 0) is 0 Å². The smallest absolute Gasteiger partial charge is 0.0552 e. The lowest BCUT2D eigenvalue weighted by molar-refractivity contribution is 0.104. The van der Waals surface area contributed by atoms with Crippen molar-refractivity contribution in [3.8, 4) is 0 Å². The minimum atomic E-state index is 0.251. The molecule has 0 bridgehead atoms. The molecule has 1 aromatic rings. The number of piperidine rings is 1.